The Bertz CT molecular complexity index is 393. The molecule has 17 heavy (non-hydrogen) atoms. The van der Waals surface area contributed by atoms with Crippen LogP contribution in [-0.4, -0.2) is 22.8 Å². The van der Waals surface area contributed by atoms with Gasteiger partial charge < -0.3 is 10.1 Å². The molecule has 0 saturated carbocycles. The van der Waals surface area contributed by atoms with E-state index < -0.39 is 6.09 Å². The zero-order chi connectivity index (χ0) is 12.7. The SMILES string of the molecule is CCCc1cnc(NC(=S)NC(=O)OCC)s1. The first kappa shape index (κ1) is 13.9. The molecule has 0 saturated heterocycles. The van der Waals surface area contributed by atoms with Crippen LogP contribution in [0.1, 0.15) is 25.1 Å². The van der Waals surface area contributed by atoms with E-state index in [9.17, 15) is 4.79 Å². The minimum atomic E-state index is -0.560. The van der Waals surface area contributed by atoms with E-state index in [2.05, 4.69) is 22.5 Å². The van der Waals surface area contributed by atoms with Gasteiger partial charge in [-0.25, -0.2) is 9.78 Å². The van der Waals surface area contributed by atoms with Gasteiger partial charge in [0.15, 0.2) is 10.2 Å². The number of nitrogens with zero attached hydrogens (tertiary/aromatic N) is 1. The number of amides is 1. The van der Waals surface area contributed by atoms with Gasteiger partial charge in [-0.2, -0.15) is 0 Å². The predicted molar refractivity (Wildman–Crippen MR) is 72.5 cm³/mol. The Morgan fingerprint density at radius 1 is 1.59 bits per heavy atom. The first-order valence-corrected chi connectivity index (χ1v) is 6.57. The van der Waals surface area contributed by atoms with Crippen LogP contribution in [0.2, 0.25) is 0 Å². The van der Waals surface area contributed by atoms with E-state index >= 15 is 0 Å². The molecule has 0 aromatic carbocycles. The average molecular weight is 273 g/mol. The van der Waals surface area contributed by atoms with Gasteiger partial charge in [0.1, 0.15) is 0 Å². The normalized spacial score (nSPS) is 9.76. The maximum Gasteiger partial charge on any atom is 0.413 e. The summed E-state index contributed by atoms with van der Waals surface area (Å²) >= 11 is 6.47. The second-order valence-electron chi connectivity index (χ2n) is 3.18. The number of hydrogen-bond donors (Lipinski definition) is 2. The Kier molecular flexibility index (Phi) is 5.85. The number of anilines is 1. The Morgan fingerprint density at radius 2 is 2.35 bits per heavy atom. The highest BCUT2D eigenvalue weighted by atomic mass is 32.1. The Labute approximate surface area is 110 Å². The second-order valence-corrected chi connectivity index (χ2v) is 4.70. The van der Waals surface area contributed by atoms with Gasteiger partial charge in [0.05, 0.1) is 6.61 Å². The molecule has 1 rings (SSSR count). The minimum absolute atomic E-state index is 0.195. The molecule has 0 aliphatic heterocycles. The molecular weight excluding hydrogens is 258 g/mol. The summed E-state index contributed by atoms with van der Waals surface area (Å²) in [6.45, 7) is 4.15. The van der Waals surface area contributed by atoms with Gasteiger partial charge in [0.2, 0.25) is 0 Å². The van der Waals surface area contributed by atoms with Crippen molar-refractivity contribution in [3.8, 4) is 0 Å². The van der Waals surface area contributed by atoms with Crippen LogP contribution in [0.25, 0.3) is 0 Å². The minimum Gasteiger partial charge on any atom is -0.450 e. The molecule has 2 N–H and O–H groups in total. The third kappa shape index (κ3) is 5.10. The quantitative estimate of drug-likeness (QED) is 0.825. The van der Waals surface area contributed by atoms with Crippen molar-refractivity contribution < 1.29 is 9.53 Å². The lowest BCUT2D eigenvalue weighted by Crippen LogP contribution is -2.34. The number of thiocarbonyl (C=S) groups is 1. The third-order valence-corrected chi connectivity index (χ3v) is 2.94. The number of carbonyl (C=O) groups excluding carboxylic acids is 1. The fourth-order valence-corrected chi connectivity index (χ4v) is 2.28. The van der Waals surface area contributed by atoms with Crippen molar-refractivity contribution in [1.82, 2.24) is 10.3 Å². The molecule has 0 radical (unpaired) electrons. The monoisotopic (exact) mass is 273 g/mol. The van der Waals surface area contributed by atoms with E-state index in [1.54, 1.807) is 6.92 Å². The Hall–Kier alpha value is -1.21. The molecule has 0 unspecified atom stereocenters. The van der Waals surface area contributed by atoms with E-state index in [4.69, 9.17) is 17.0 Å². The summed E-state index contributed by atoms with van der Waals surface area (Å²) in [6.07, 6.45) is 3.32. The van der Waals surface area contributed by atoms with Gasteiger partial charge in [0, 0.05) is 11.1 Å². The van der Waals surface area contributed by atoms with E-state index in [-0.39, 0.29) is 5.11 Å². The first-order valence-electron chi connectivity index (χ1n) is 5.35. The molecule has 0 bridgehead atoms. The van der Waals surface area contributed by atoms with Crippen LogP contribution in [-0.2, 0) is 11.2 Å². The molecular formula is C10H15N3O2S2. The lowest BCUT2D eigenvalue weighted by atomic mass is 10.3. The van der Waals surface area contributed by atoms with Crippen molar-refractivity contribution in [2.45, 2.75) is 26.7 Å². The highest BCUT2D eigenvalue weighted by Gasteiger charge is 2.07. The van der Waals surface area contributed by atoms with Gasteiger partial charge in [0.25, 0.3) is 0 Å². The standard InChI is InChI=1S/C10H15N3O2S2/c1-3-5-7-6-11-9(17-7)12-8(16)13-10(14)15-4-2/h6H,3-5H2,1-2H3,(H2,11,12,13,14,16). The molecule has 0 aliphatic rings. The lowest BCUT2D eigenvalue weighted by molar-refractivity contribution is 0.158. The summed E-state index contributed by atoms with van der Waals surface area (Å²) in [5.41, 5.74) is 0. The lowest BCUT2D eigenvalue weighted by Gasteiger charge is -2.06. The van der Waals surface area contributed by atoms with Gasteiger partial charge in [-0.3, -0.25) is 5.32 Å². The largest absolute Gasteiger partial charge is 0.450 e. The summed E-state index contributed by atoms with van der Waals surface area (Å²) in [6, 6.07) is 0. The molecule has 94 valence electrons. The maximum absolute atomic E-state index is 11.1. The Balaban J connectivity index is 2.41. The number of alkyl carbamates (subject to hydrolysis) is 1. The van der Waals surface area contributed by atoms with Crippen LogP contribution in [0.15, 0.2) is 6.20 Å². The fourth-order valence-electron chi connectivity index (χ4n) is 1.12. The van der Waals surface area contributed by atoms with Gasteiger partial charge in [-0.15, -0.1) is 11.3 Å². The maximum atomic E-state index is 11.1. The number of aromatic nitrogens is 1. The van der Waals surface area contributed by atoms with Crippen molar-refractivity contribution >= 4 is 39.9 Å². The van der Waals surface area contributed by atoms with Gasteiger partial charge in [-0.05, 0) is 25.6 Å². The number of hydrogen-bond acceptors (Lipinski definition) is 5. The molecule has 0 atom stereocenters. The summed E-state index contributed by atoms with van der Waals surface area (Å²) in [7, 11) is 0. The summed E-state index contributed by atoms with van der Waals surface area (Å²) in [5, 5.41) is 6.10. The summed E-state index contributed by atoms with van der Waals surface area (Å²) < 4.78 is 4.70. The highest BCUT2D eigenvalue weighted by molar-refractivity contribution is 7.80. The zero-order valence-electron chi connectivity index (χ0n) is 9.78. The molecule has 1 heterocycles. The first-order chi connectivity index (χ1) is 8.15. The number of carbonyl (C=O) groups is 1. The van der Waals surface area contributed by atoms with Gasteiger partial charge in [-0.1, -0.05) is 13.3 Å². The average Bonchev–Trinajstić information content (AvgIpc) is 2.66. The van der Waals surface area contributed by atoms with Crippen molar-refractivity contribution in [2.24, 2.45) is 0 Å². The topological polar surface area (TPSA) is 63.2 Å². The van der Waals surface area contributed by atoms with Crippen LogP contribution in [0.3, 0.4) is 0 Å². The van der Waals surface area contributed by atoms with Crippen LogP contribution in [0.5, 0.6) is 0 Å². The van der Waals surface area contributed by atoms with E-state index in [0.717, 1.165) is 12.8 Å². The fraction of sp³-hybridized carbons (Fsp3) is 0.500. The van der Waals surface area contributed by atoms with Crippen LogP contribution in [0.4, 0.5) is 9.93 Å². The molecule has 0 aliphatic carbocycles. The predicted octanol–water partition coefficient (Wildman–Crippen LogP) is 2.54. The number of nitrogens with one attached hydrogen (secondary N) is 2. The highest BCUT2D eigenvalue weighted by Crippen LogP contribution is 2.19. The molecule has 0 fully saturated rings. The summed E-state index contributed by atoms with van der Waals surface area (Å²) in [5.74, 6) is 0. The molecule has 1 aromatic rings. The van der Waals surface area contributed by atoms with Gasteiger partial charge >= 0.3 is 6.09 Å². The smallest absolute Gasteiger partial charge is 0.413 e. The van der Waals surface area contributed by atoms with Crippen molar-refractivity contribution in [3.05, 3.63) is 11.1 Å². The third-order valence-electron chi connectivity index (χ3n) is 1.76. The van der Waals surface area contributed by atoms with Crippen LogP contribution in [0, 0.1) is 0 Å². The molecule has 1 amide bonds. The van der Waals surface area contributed by atoms with E-state index in [1.807, 2.05) is 6.20 Å². The van der Waals surface area contributed by atoms with Crippen LogP contribution < -0.4 is 10.6 Å². The molecule has 7 heteroatoms. The van der Waals surface area contributed by atoms with Crippen molar-refractivity contribution in [2.75, 3.05) is 11.9 Å². The van der Waals surface area contributed by atoms with Crippen LogP contribution >= 0.6 is 23.6 Å². The molecule has 5 nitrogen and oxygen atoms in total. The summed E-state index contributed by atoms with van der Waals surface area (Å²) in [4.78, 5) is 16.4. The Morgan fingerprint density at radius 3 is 3.00 bits per heavy atom. The van der Waals surface area contributed by atoms with Crippen molar-refractivity contribution in [1.29, 1.82) is 0 Å². The zero-order valence-corrected chi connectivity index (χ0v) is 11.4. The molecule has 1 aromatic heterocycles. The second kappa shape index (κ2) is 7.18. The number of ether oxygens (including phenoxy) is 1. The van der Waals surface area contributed by atoms with E-state index in [0.29, 0.717) is 11.7 Å². The number of thiazole rings is 1. The number of rotatable bonds is 4. The van der Waals surface area contributed by atoms with Crippen molar-refractivity contribution in [3.63, 3.8) is 0 Å². The van der Waals surface area contributed by atoms with E-state index in [1.165, 1.54) is 16.2 Å². The number of aryl methyl sites for hydroxylation is 1. The molecule has 0 spiro atoms.